The maximum Gasteiger partial charge on any atom is 0.192 e. The van der Waals surface area contributed by atoms with Gasteiger partial charge in [-0.05, 0) is 58.0 Å². The molecule has 0 aromatic carbocycles. The number of hydrogen-bond donors (Lipinski definition) is 1. The number of aliphatic hydroxyl groups is 1. The Hall–Kier alpha value is -1.37. The molecule has 2 rings (SSSR count). The van der Waals surface area contributed by atoms with Crippen LogP contribution in [0.4, 0.5) is 0 Å². The highest BCUT2D eigenvalue weighted by Crippen LogP contribution is 2.36. The minimum Gasteiger partial charge on any atom is -0.415 e. The summed E-state index contributed by atoms with van der Waals surface area (Å²) in [4.78, 5) is 0. The zero-order valence-electron chi connectivity index (χ0n) is 17.8. The molecule has 0 atom stereocenters. The Morgan fingerprint density at radius 1 is 1.08 bits per heavy atom. The fourth-order valence-electron chi connectivity index (χ4n) is 2.81. The third-order valence-corrected chi connectivity index (χ3v) is 10.0. The zero-order valence-corrected chi connectivity index (χ0v) is 18.8. The zero-order chi connectivity index (χ0) is 19.9. The molecular formula is C20H35N3O2Si. The molecule has 0 saturated heterocycles. The number of aromatic nitrogens is 3. The first-order valence-electron chi connectivity index (χ1n) is 9.34. The SMILES string of the molecule is Cc1ccc(C)n1-c1cc(C(C)(C)O)n(CCO[Si](C)(C)C(C)(C)C)n1. The molecule has 0 aliphatic carbocycles. The molecule has 2 aromatic heterocycles. The molecular weight excluding hydrogens is 342 g/mol. The number of nitrogens with zero attached hydrogens (tertiary/aromatic N) is 3. The highest BCUT2D eigenvalue weighted by molar-refractivity contribution is 6.74. The van der Waals surface area contributed by atoms with Gasteiger partial charge in [-0.2, -0.15) is 5.10 Å². The number of rotatable bonds is 6. The molecule has 2 heterocycles. The van der Waals surface area contributed by atoms with E-state index in [1.54, 1.807) is 13.8 Å². The first-order valence-corrected chi connectivity index (χ1v) is 12.2. The lowest BCUT2D eigenvalue weighted by molar-refractivity contribution is 0.0671. The van der Waals surface area contributed by atoms with Crippen molar-refractivity contribution in [2.45, 2.75) is 78.7 Å². The Balaban J connectivity index is 2.28. The largest absolute Gasteiger partial charge is 0.415 e. The van der Waals surface area contributed by atoms with E-state index in [1.165, 1.54) is 0 Å². The van der Waals surface area contributed by atoms with E-state index in [0.717, 1.165) is 22.9 Å². The fraction of sp³-hybridized carbons (Fsp3) is 0.650. The van der Waals surface area contributed by atoms with E-state index in [2.05, 4.69) is 64.4 Å². The predicted molar refractivity (Wildman–Crippen MR) is 109 cm³/mol. The molecule has 0 unspecified atom stereocenters. The van der Waals surface area contributed by atoms with Gasteiger partial charge in [0.2, 0.25) is 0 Å². The van der Waals surface area contributed by atoms with Crippen LogP contribution in [-0.4, -0.2) is 34.4 Å². The average Bonchev–Trinajstić information content (AvgIpc) is 3.01. The van der Waals surface area contributed by atoms with Crippen LogP contribution in [0, 0.1) is 13.8 Å². The van der Waals surface area contributed by atoms with Gasteiger partial charge < -0.3 is 14.1 Å². The summed E-state index contributed by atoms with van der Waals surface area (Å²) < 4.78 is 10.3. The van der Waals surface area contributed by atoms with E-state index >= 15 is 0 Å². The van der Waals surface area contributed by atoms with Crippen molar-refractivity contribution in [2.24, 2.45) is 0 Å². The molecule has 0 bridgehead atoms. The molecule has 0 amide bonds. The van der Waals surface area contributed by atoms with Crippen LogP contribution in [-0.2, 0) is 16.6 Å². The summed E-state index contributed by atoms with van der Waals surface area (Å²) in [5.41, 5.74) is 2.11. The maximum atomic E-state index is 10.6. The van der Waals surface area contributed by atoms with Crippen molar-refractivity contribution in [3.8, 4) is 5.82 Å². The summed E-state index contributed by atoms with van der Waals surface area (Å²) in [6.07, 6.45) is 0. The van der Waals surface area contributed by atoms with E-state index in [0.29, 0.717) is 13.2 Å². The summed E-state index contributed by atoms with van der Waals surface area (Å²) in [5.74, 6) is 0.842. The van der Waals surface area contributed by atoms with E-state index in [4.69, 9.17) is 9.52 Å². The van der Waals surface area contributed by atoms with E-state index in [9.17, 15) is 5.11 Å². The lowest BCUT2D eigenvalue weighted by Gasteiger charge is -2.36. The van der Waals surface area contributed by atoms with Crippen molar-refractivity contribution >= 4 is 8.32 Å². The molecule has 0 aliphatic heterocycles. The Morgan fingerprint density at radius 3 is 2.08 bits per heavy atom. The van der Waals surface area contributed by atoms with Gasteiger partial charge in [0.25, 0.3) is 0 Å². The highest BCUT2D eigenvalue weighted by Gasteiger charge is 2.37. The van der Waals surface area contributed by atoms with Gasteiger partial charge in [-0.1, -0.05) is 20.8 Å². The second-order valence-corrected chi connectivity index (χ2v) is 14.0. The first kappa shape index (κ1) is 20.9. The van der Waals surface area contributed by atoms with Crippen LogP contribution in [0.25, 0.3) is 5.82 Å². The second-order valence-electron chi connectivity index (χ2n) is 9.23. The van der Waals surface area contributed by atoms with Crippen LogP contribution < -0.4 is 0 Å². The summed E-state index contributed by atoms with van der Waals surface area (Å²) >= 11 is 0. The lowest BCUT2D eigenvalue weighted by Crippen LogP contribution is -2.41. The minimum absolute atomic E-state index is 0.181. The van der Waals surface area contributed by atoms with Crippen molar-refractivity contribution in [3.05, 3.63) is 35.3 Å². The van der Waals surface area contributed by atoms with Crippen LogP contribution in [0.3, 0.4) is 0 Å². The van der Waals surface area contributed by atoms with Gasteiger partial charge in [-0.3, -0.25) is 4.68 Å². The molecule has 2 aromatic rings. The lowest BCUT2D eigenvalue weighted by atomic mass is 10.1. The molecule has 0 fully saturated rings. The summed E-state index contributed by atoms with van der Waals surface area (Å²) in [6.45, 7) is 20.2. The molecule has 0 radical (unpaired) electrons. The normalized spacial score (nSPS) is 13.5. The predicted octanol–water partition coefficient (Wildman–Crippen LogP) is 4.54. The Kier molecular flexibility index (Phi) is 5.62. The molecule has 1 N–H and O–H groups in total. The molecule has 0 aliphatic rings. The highest BCUT2D eigenvalue weighted by atomic mass is 28.4. The Morgan fingerprint density at radius 2 is 1.62 bits per heavy atom. The van der Waals surface area contributed by atoms with Gasteiger partial charge in [-0.15, -0.1) is 0 Å². The third-order valence-electron chi connectivity index (χ3n) is 5.47. The number of aryl methyl sites for hydroxylation is 2. The quantitative estimate of drug-likeness (QED) is 0.752. The van der Waals surface area contributed by atoms with Crippen LogP contribution >= 0.6 is 0 Å². The van der Waals surface area contributed by atoms with Gasteiger partial charge in [-0.25, -0.2) is 0 Å². The van der Waals surface area contributed by atoms with Gasteiger partial charge in [0.15, 0.2) is 14.1 Å². The van der Waals surface area contributed by atoms with Crippen LogP contribution in [0.2, 0.25) is 18.1 Å². The monoisotopic (exact) mass is 377 g/mol. The smallest absolute Gasteiger partial charge is 0.192 e. The average molecular weight is 378 g/mol. The Bertz CT molecular complexity index is 742. The summed E-state index contributed by atoms with van der Waals surface area (Å²) in [5, 5.41) is 15.6. The topological polar surface area (TPSA) is 52.2 Å². The molecule has 5 nitrogen and oxygen atoms in total. The summed E-state index contributed by atoms with van der Waals surface area (Å²) in [7, 11) is -1.80. The van der Waals surface area contributed by atoms with Gasteiger partial charge >= 0.3 is 0 Å². The molecule has 146 valence electrons. The van der Waals surface area contributed by atoms with Gasteiger partial charge in [0, 0.05) is 17.5 Å². The third kappa shape index (κ3) is 4.30. The van der Waals surface area contributed by atoms with Gasteiger partial charge in [0.05, 0.1) is 18.8 Å². The standard InChI is InChI=1S/C20H35N3O2Si/c1-15-10-11-16(2)23(15)18-14-17(20(6,7)24)22(21-18)12-13-25-26(8,9)19(3,4)5/h10-11,14,24H,12-13H2,1-9H3. The molecule has 26 heavy (non-hydrogen) atoms. The first-order chi connectivity index (χ1) is 11.7. The van der Waals surface area contributed by atoms with Crippen molar-refractivity contribution < 1.29 is 9.53 Å². The Labute approximate surface area is 159 Å². The second kappa shape index (κ2) is 6.98. The van der Waals surface area contributed by atoms with Gasteiger partial charge in [0.1, 0.15) is 5.60 Å². The van der Waals surface area contributed by atoms with Crippen LogP contribution in [0.5, 0.6) is 0 Å². The fourth-order valence-corrected chi connectivity index (χ4v) is 3.84. The van der Waals surface area contributed by atoms with E-state index < -0.39 is 13.9 Å². The van der Waals surface area contributed by atoms with Crippen molar-refractivity contribution in [2.75, 3.05) is 6.61 Å². The van der Waals surface area contributed by atoms with E-state index in [1.807, 2.05) is 10.7 Å². The molecule has 0 saturated carbocycles. The molecule has 0 spiro atoms. The van der Waals surface area contributed by atoms with Crippen LogP contribution in [0.15, 0.2) is 18.2 Å². The summed E-state index contributed by atoms with van der Waals surface area (Å²) in [6, 6.07) is 6.14. The van der Waals surface area contributed by atoms with Crippen LogP contribution in [0.1, 0.15) is 51.7 Å². The minimum atomic E-state index is -1.80. The van der Waals surface area contributed by atoms with Crippen molar-refractivity contribution in [1.29, 1.82) is 0 Å². The number of hydrogen-bond acceptors (Lipinski definition) is 3. The maximum absolute atomic E-state index is 10.6. The van der Waals surface area contributed by atoms with Crippen molar-refractivity contribution in [1.82, 2.24) is 14.3 Å². The molecule has 6 heteroatoms. The van der Waals surface area contributed by atoms with E-state index in [-0.39, 0.29) is 5.04 Å². The van der Waals surface area contributed by atoms with Crippen molar-refractivity contribution in [3.63, 3.8) is 0 Å².